The Balaban J connectivity index is 2.86. The zero-order chi connectivity index (χ0) is 17.9. The van der Waals surface area contributed by atoms with Crippen molar-refractivity contribution in [2.45, 2.75) is 46.1 Å². The molecule has 130 valence electrons. The SMILES string of the molecule is C=C/C=C(\C=C)CC(Cc1ccccc1)C(C)OC(=O)CC(C)C. The van der Waals surface area contributed by atoms with Crippen LogP contribution in [0.1, 0.15) is 39.2 Å². The minimum atomic E-state index is -0.148. The number of rotatable bonds is 10. The van der Waals surface area contributed by atoms with Crippen LogP contribution in [0.25, 0.3) is 0 Å². The number of hydrogen-bond acceptors (Lipinski definition) is 2. The van der Waals surface area contributed by atoms with Crippen molar-refractivity contribution in [3.63, 3.8) is 0 Å². The molecule has 2 atom stereocenters. The molecule has 1 rings (SSSR count). The highest BCUT2D eigenvalue weighted by Gasteiger charge is 2.22. The lowest BCUT2D eigenvalue weighted by molar-refractivity contribution is -0.151. The lowest BCUT2D eigenvalue weighted by Crippen LogP contribution is -2.26. The van der Waals surface area contributed by atoms with Crippen LogP contribution in [-0.4, -0.2) is 12.1 Å². The lowest BCUT2D eigenvalue weighted by Gasteiger charge is -2.25. The molecule has 0 fully saturated rings. The van der Waals surface area contributed by atoms with Crippen molar-refractivity contribution in [2.75, 3.05) is 0 Å². The van der Waals surface area contributed by atoms with Crippen molar-refractivity contribution >= 4 is 5.97 Å². The summed E-state index contributed by atoms with van der Waals surface area (Å²) < 4.78 is 5.69. The van der Waals surface area contributed by atoms with Crippen molar-refractivity contribution in [2.24, 2.45) is 11.8 Å². The van der Waals surface area contributed by atoms with Gasteiger partial charge in [-0.05, 0) is 36.8 Å². The van der Waals surface area contributed by atoms with Crippen molar-refractivity contribution in [1.29, 1.82) is 0 Å². The molecule has 0 saturated heterocycles. The largest absolute Gasteiger partial charge is 0.462 e. The van der Waals surface area contributed by atoms with Crippen molar-refractivity contribution in [3.05, 3.63) is 72.9 Å². The van der Waals surface area contributed by atoms with E-state index in [9.17, 15) is 4.79 Å². The Morgan fingerprint density at radius 1 is 1.12 bits per heavy atom. The molecule has 0 aliphatic rings. The van der Waals surface area contributed by atoms with E-state index in [4.69, 9.17) is 4.74 Å². The Morgan fingerprint density at radius 2 is 1.79 bits per heavy atom. The number of hydrogen-bond donors (Lipinski definition) is 0. The fourth-order valence-electron chi connectivity index (χ4n) is 2.68. The van der Waals surface area contributed by atoms with Crippen LogP contribution < -0.4 is 0 Å². The Kier molecular flexibility index (Phi) is 8.85. The summed E-state index contributed by atoms with van der Waals surface area (Å²) in [5.74, 6) is 0.387. The summed E-state index contributed by atoms with van der Waals surface area (Å²) in [6.07, 6.45) is 7.56. The summed E-state index contributed by atoms with van der Waals surface area (Å²) in [6, 6.07) is 10.3. The second-order valence-corrected chi connectivity index (χ2v) is 6.63. The normalized spacial score (nSPS) is 14.1. The first-order valence-electron chi connectivity index (χ1n) is 8.63. The molecule has 0 amide bonds. The van der Waals surface area contributed by atoms with Crippen LogP contribution in [0, 0.1) is 11.8 Å². The summed E-state index contributed by atoms with van der Waals surface area (Å²) in [6.45, 7) is 13.7. The standard InChI is InChI=1S/C22H30O2/c1-6-11-19(7-2)15-21(16-20-12-9-8-10-13-20)18(5)24-22(23)14-17(3)4/h6-13,17-18,21H,1-2,14-16H2,3-5H3/b19-11+. The zero-order valence-corrected chi connectivity index (χ0v) is 15.2. The van der Waals surface area contributed by atoms with E-state index in [0.717, 1.165) is 18.4 Å². The maximum atomic E-state index is 12.0. The Morgan fingerprint density at radius 3 is 2.33 bits per heavy atom. The van der Waals surface area contributed by atoms with E-state index < -0.39 is 0 Å². The molecular formula is C22H30O2. The predicted octanol–water partition coefficient (Wildman–Crippen LogP) is 5.51. The van der Waals surface area contributed by atoms with Gasteiger partial charge < -0.3 is 4.74 Å². The van der Waals surface area contributed by atoms with E-state index in [-0.39, 0.29) is 18.0 Å². The molecule has 0 spiro atoms. The van der Waals surface area contributed by atoms with E-state index in [1.54, 1.807) is 6.08 Å². The highest BCUT2D eigenvalue weighted by atomic mass is 16.5. The van der Waals surface area contributed by atoms with Crippen LogP contribution in [0.15, 0.2) is 67.3 Å². The van der Waals surface area contributed by atoms with Crippen LogP contribution in [0.5, 0.6) is 0 Å². The minimum Gasteiger partial charge on any atom is -0.462 e. The zero-order valence-electron chi connectivity index (χ0n) is 15.2. The van der Waals surface area contributed by atoms with Gasteiger partial charge in [-0.15, -0.1) is 0 Å². The molecule has 0 heterocycles. The van der Waals surface area contributed by atoms with E-state index in [0.29, 0.717) is 12.3 Å². The molecule has 2 heteroatoms. The van der Waals surface area contributed by atoms with Crippen LogP contribution in [0.4, 0.5) is 0 Å². The number of allylic oxidation sites excluding steroid dienone is 4. The fourth-order valence-corrected chi connectivity index (χ4v) is 2.68. The molecule has 2 nitrogen and oxygen atoms in total. The van der Waals surface area contributed by atoms with Gasteiger partial charge in [0.25, 0.3) is 0 Å². The van der Waals surface area contributed by atoms with Crippen molar-refractivity contribution in [3.8, 4) is 0 Å². The summed E-state index contributed by atoms with van der Waals surface area (Å²) >= 11 is 0. The molecule has 24 heavy (non-hydrogen) atoms. The first-order chi connectivity index (χ1) is 11.5. The topological polar surface area (TPSA) is 26.3 Å². The summed E-state index contributed by atoms with van der Waals surface area (Å²) in [4.78, 5) is 12.0. The predicted molar refractivity (Wildman–Crippen MR) is 102 cm³/mol. The Labute approximate surface area is 146 Å². The highest BCUT2D eigenvalue weighted by molar-refractivity contribution is 5.69. The first kappa shape index (κ1) is 20.0. The number of benzene rings is 1. The Hall–Kier alpha value is -2.09. The van der Waals surface area contributed by atoms with E-state index >= 15 is 0 Å². The summed E-state index contributed by atoms with van der Waals surface area (Å²) in [5.41, 5.74) is 2.36. The summed E-state index contributed by atoms with van der Waals surface area (Å²) in [7, 11) is 0. The number of ether oxygens (including phenoxy) is 1. The first-order valence-corrected chi connectivity index (χ1v) is 8.63. The van der Waals surface area contributed by atoms with Crippen LogP contribution >= 0.6 is 0 Å². The smallest absolute Gasteiger partial charge is 0.306 e. The number of carbonyl (C=O) groups excluding carboxylic acids is 1. The third-order valence-corrected chi connectivity index (χ3v) is 3.99. The van der Waals surface area contributed by atoms with Gasteiger partial charge in [0.05, 0.1) is 0 Å². The van der Waals surface area contributed by atoms with Gasteiger partial charge in [-0.3, -0.25) is 4.79 Å². The van der Waals surface area contributed by atoms with E-state index in [1.807, 2.05) is 51.1 Å². The molecule has 0 bridgehead atoms. The molecule has 0 N–H and O–H groups in total. The van der Waals surface area contributed by atoms with Gasteiger partial charge in [-0.25, -0.2) is 0 Å². The van der Waals surface area contributed by atoms with Gasteiger partial charge in [0, 0.05) is 12.3 Å². The van der Waals surface area contributed by atoms with Gasteiger partial charge in [0.15, 0.2) is 0 Å². The molecular weight excluding hydrogens is 296 g/mol. The van der Waals surface area contributed by atoms with E-state index in [1.165, 1.54) is 5.56 Å². The molecule has 2 unspecified atom stereocenters. The third-order valence-electron chi connectivity index (χ3n) is 3.99. The number of carbonyl (C=O) groups is 1. The fraction of sp³-hybridized carbons (Fsp3) is 0.409. The third kappa shape index (κ3) is 7.45. The lowest BCUT2D eigenvalue weighted by atomic mass is 9.88. The molecule has 0 aromatic heterocycles. The van der Waals surface area contributed by atoms with Gasteiger partial charge >= 0.3 is 5.97 Å². The monoisotopic (exact) mass is 326 g/mol. The second kappa shape index (κ2) is 10.6. The quantitative estimate of drug-likeness (QED) is 0.418. The molecule has 0 radical (unpaired) electrons. The van der Waals surface area contributed by atoms with E-state index in [2.05, 4.69) is 25.3 Å². The average molecular weight is 326 g/mol. The average Bonchev–Trinajstić information content (AvgIpc) is 2.53. The number of esters is 1. The van der Waals surface area contributed by atoms with Gasteiger partial charge in [0.2, 0.25) is 0 Å². The van der Waals surface area contributed by atoms with Crippen molar-refractivity contribution < 1.29 is 9.53 Å². The summed E-state index contributed by atoms with van der Waals surface area (Å²) in [5, 5.41) is 0. The van der Waals surface area contributed by atoms with Gasteiger partial charge in [0.1, 0.15) is 6.10 Å². The van der Waals surface area contributed by atoms with Gasteiger partial charge in [-0.1, -0.05) is 75.6 Å². The van der Waals surface area contributed by atoms with Crippen LogP contribution in [0.3, 0.4) is 0 Å². The molecule has 1 aromatic carbocycles. The maximum absolute atomic E-state index is 12.0. The molecule has 1 aromatic rings. The highest BCUT2D eigenvalue weighted by Crippen LogP contribution is 2.24. The second-order valence-electron chi connectivity index (χ2n) is 6.63. The van der Waals surface area contributed by atoms with Gasteiger partial charge in [-0.2, -0.15) is 0 Å². The minimum absolute atomic E-state index is 0.122. The van der Waals surface area contributed by atoms with Crippen molar-refractivity contribution in [1.82, 2.24) is 0 Å². The van der Waals surface area contributed by atoms with Crippen LogP contribution in [0.2, 0.25) is 0 Å². The van der Waals surface area contributed by atoms with Crippen LogP contribution in [-0.2, 0) is 16.0 Å². The molecule has 0 aliphatic carbocycles. The maximum Gasteiger partial charge on any atom is 0.306 e. The molecule has 0 aliphatic heterocycles. The Bertz CT molecular complexity index is 555. The molecule has 0 saturated carbocycles.